The van der Waals surface area contributed by atoms with E-state index in [-0.39, 0.29) is 18.8 Å². The van der Waals surface area contributed by atoms with Gasteiger partial charge in [-0.2, -0.15) is 0 Å². The van der Waals surface area contributed by atoms with Crippen LogP contribution in [0.15, 0.2) is 12.1 Å². The van der Waals surface area contributed by atoms with Crippen molar-refractivity contribution in [3.8, 4) is 11.5 Å². The van der Waals surface area contributed by atoms with Gasteiger partial charge in [0.05, 0.1) is 20.8 Å². The molecule has 0 saturated heterocycles. The van der Waals surface area contributed by atoms with Crippen LogP contribution in [0.25, 0.3) is 0 Å². The molecule has 0 bridgehead atoms. The van der Waals surface area contributed by atoms with E-state index in [0.717, 1.165) is 0 Å². The number of benzene rings is 1. The maximum Gasteiger partial charge on any atom is 0.165 e. The van der Waals surface area contributed by atoms with Crippen molar-refractivity contribution in [1.29, 1.82) is 0 Å². The van der Waals surface area contributed by atoms with Crippen molar-refractivity contribution in [2.75, 3.05) is 20.8 Å². The Hall–Kier alpha value is -1.33. The van der Waals surface area contributed by atoms with Gasteiger partial charge in [-0.25, -0.2) is 4.39 Å². The fraction of sp³-hybridized carbons (Fsp3) is 0.500. The molecule has 1 atom stereocenters. The Morgan fingerprint density at radius 2 is 2.00 bits per heavy atom. The Balaban J connectivity index is 3.23. The molecule has 0 saturated carbocycles. The van der Waals surface area contributed by atoms with E-state index in [1.807, 2.05) is 0 Å². The standard InChI is InChI=1S/C12H18FNO3/c1-12(14,7-15)6-8-10(16-2)5-4-9(13)11(8)17-3/h4-5,15H,6-7,14H2,1-3H3. The van der Waals surface area contributed by atoms with Crippen molar-refractivity contribution >= 4 is 0 Å². The molecule has 0 heterocycles. The summed E-state index contributed by atoms with van der Waals surface area (Å²) in [5, 5.41) is 9.15. The highest BCUT2D eigenvalue weighted by atomic mass is 19.1. The summed E-state index contributed by atoms with van der Waals surface area (Å²) in [4.78, 5) is 0. The summed E-state index contributed by atoms with van der Waals surface area (Å²) in [5.41, 5.74) is 5.53. The molecular formula is C12H18FNO3. The number of methoxy groups -OCH3 is 2. The summed E-state index contributed by atoms with van der Waals surface area (Å²) in [6, 6.07) is 2.79. The van der Waals surface area contributed by atoms with E-state index in [1.165, 1.54) is 26.4 Å². The van der Waals surface area contributed by atoms with E-state index in [1.54, 1.807) is 6.92 Å². The molecule has 0 aliphatic heterocycles. The minimum atomic E-state index is -0.853. The summed E-state index contributed by atoms with van der Waals surface area (Å²) >= 11 is 0. The smallest absolute Gasteiger partial charge is 0.165 e. The third kappa shape index (κ3) is 3.08. The largest absolute Gasteiger partial charge is 0.496 e. The monoisotopic (exact) mass is 243 g/mol. The molecule has 1 aromatic carbocycles. The van der Waals surface area contributed by atoms with E-state index in [4.69, 9.17) is 20.3 Å². The van der Waals surface area contributed by atoms with Crippen molar-refractivity contribution in [2.45, 2.75) is 18.9 Å². The normalized spacial score (nSPS) is 14.2. The van der Waals surface area contributed by atoms with Gasteiger partial charge in [0, 0.05) is 11.1 Å². The third-order valence-corrected chi connectivity index (χ3v) is 2.54. The van der Waals surface area contributed by atoms with Crippen LogP contribution in [0.1, 0.15) is 12.5 Å². The van der Waals surface area contributed by atoms with Gasteiger partial charge in [0.1, 0.15) is 5.75 Å². The van der Waals surface area contributed by atoms with Crippen LogP contribution in [0.3, 0.4) is 0 Å². The number of aliphatic hydroxyl groups excluding tert-OH is 1. The second kappa shape index (κ2) is 5.33. The average molecular weight is 243 g/mol. The lowest BCUT2D eigenvalue weighted by Crippen LogP contribution is -2.42. The fourth-order valence-electron chi connectivity index (χ4n) is 1.62. The van der Waals surface area contributed by atoms with E-state index < -0.39 is 11.4 Å². The molecular weight excluding hydrogens is 225 g/mol. The molecule has 0 amide bonds. The van der Waals surface area contributed by atoms with Crippen molar-refractivity contribution in [3.05, 3.63) is 23.5 Å². The van der Waals surface area contributed by atoms with E-state index in [9.17, 15) is 4.39 Å². The molecule has 0 radical (unpaired) electrons. The van der Waals surface area contributed by atoms with Gasteiger partial charge >= 0.3 is 0 Å². The Morgan fingerprint density at radius 3 is 2.47 bits per heavy atom. The van der Waals surface area contributed by atoms with Crippen LogP contribution in [0, 0.1) is 5.82 Å². The first kappa shape index (κ1) is 13.7. The van der Waals surface area contributed by atoms with Crippen LogP contribution in [0.4, 0.5) is 4.39 Å². The zero-order chi connectivity index (χ0) is 13.1. The number of aliphatic hydroxyl groups is 1. The molecule has 5 heteroatoms. The minimum absolute atomic E-state index is 0.106. The molecule has 1 rings (SSSR count). The van der Waals surface area contributed by atoms with E-state index in [0.29, 0.717) is 11.3 Å². The van der Waals surface area contributed by atoms with Gasteiger partial charge < -0.3 is 20.3 Å². The zero-order valence-electron chi connectivity index (χ0n) is 10.3. The first-order valence-corrected chi connectivity index (χ1v) is 5.24. The Bertz CT molecular complexity index is 394. The van der Waals surface area contributed by atoms with Gasteiger partial charge in [-0.05, 0) is 25.5 Å². The van der Waals surface area contributed by atoms with Gasteiger partial charge in [0.2, 0.25) is 0 Å². The van der Waals surface area contributed by atoms with Crippen molar-refractivity contribution < 1.29 is 19.0 Å². The number of nitrogens with two attached hydrogens (primary N) is 1. The maximum atomic E-state index is 13.6. The van der Waals surface area contributed by atoms with E-state index in [2.05, 4.69) is 0 Å². The lowest BCUT2D eigenvalue weighted by atomic mass is 9.93. The molecule has 0 fully saturated rings. The highest BCUT2D eigenvalue weighted by Gasteiger charge is 2.24. The Labute approximate surface area is 100 Å². The predicted molar refractivity (Wildman–Crippen MR) is 62.9 cm³/mol. The molecule has 3 N–H and O–H groups in total. The van der Waals surface area contributed by atoms with Crippen molar-refractivity contribution in [1.82, 2.24) is 0 Å². The molecule has 0 aliphatic rings. The SMILES string of the molecule is COc1ccc(F)c(OC)c1CC(C)(N)CO. The number of halogens is 1. The minimum Gasteiger partial charge on any atom is -0.496 e. The maximum absolute atomic E-state index is 13.6. The number of hydrogen-bond donors (Lipinski definition) is 2. The molecule has 96 valence electrons. The summed E-state index contributed by atoms with van der Waals surface area (Å²) in [6.07, 6.45) is 0.258. The number of ether oxygens (including phenoxy) is 2. The molecule has 17 heavy (non-hydrogen) atoms. The van der Waals surface area contributed by atoms with Crippen LogP contribution in [0.5, 0.6) is 11.5 Å². The van der Waals surface area contributed by atoms with Crippen LogP contribution >= 0.6 is 0 Å². The van der Waals surface area contributed by atoms with Gasteiger partial charge in [0.25, 0.3) is 0 Å². The summed E-state index contributed by atoms with van der Waals surface area (Å²) in [6.45, 7) is 1.46. The second-order valence-electron chi connectivity index (χ2n) is 4.25. The van der Waals surface area contributed by atoms with Crippen LogP contribution in [0.2, 0.25) is 0 Å². The predicted octanol–water partition coefficient (Wildman–Crippen LogP) is 1.10. The second-order valence-corrected chi connectivity index (χ2v) is 4.25. The highest BCUT2D eigenvalue weighted by molar-refractivity contribution is 5.46. The van der Waals surface area contributed by atoms with Crippen LogP contribution in [-0.2, 0) is 6.42 Å². The van der Waals surface area contributed by atoms with Gasteiger partial charge in [0.15, 0.2) is 11.6 Å². The molecule has 4 nitrogen and oxygen atoms in total. The van der Waals surface area contributed by atoms with Gasteiger partial charge in [-0.15, -0.1) is 0 Å². The summed E-state index contributed by atoms with van der Waals surface area (Å²) in [7, 11) is 2.87. The van der Waals surface area contributed by atoms with Crippen LogP contribution in [-0.4, -0.2) is 31.5 Å². The molecule has 1 unspecified atom stereocenters. The third-order valence-electron chi connectivity index (χ3n) is 2.54. The molecule has 1 aromatic rings. The zero-order valence-corrected chi connectivity index (χ0v) is 10.3. The topological polar surface area (TPSA) is 64.7 Å². The van der Waals surface area contributed by atoms with Crippen LogP contribution < -0.4 is 15.2 Å². The first-order chi connectivity index (χ1) is 7.95. The first-order valence-electron chi connectivity index (χ1n) is 5.24. The Morgan fingerprint density at radius 1 is 1.35 bits per heavy atom. The Kier molecular flexibility index (Phi) is 4.31. The molecule has 0 spiro atoms. The number of rotatable bonds is 5. The summed E-state index contributed by atoms with van der Waals surface area (Å²) < 4.78 is 23.7. The highest BCUT2D eigenvalue weighted by Crippen LogP contribution is 2.33. The van der Waals surface area contributed by atoms with Crippen molar-refractivity contribution in [3.63, 3.8) is 0 Å². The quantitative estimate of drug-likeness (QED) is 0.812. The number of hydrogen-bond acceptors (Lipinski definition) is 4. The molecule has 0 aliphatic carbocycles. The van der Waals surface area contributed by atoms with Crippen molar-refractivity contribution in [2.24, 2.45) is 5.73 Å². The fourth-order valence-corrected chi connectivity index (χ4v) is 1.62. The lowest BCUT2D eigenvalue weighted by Gasteiger charge is -2.24. The van der Waals surface area contributed by atoms with E-state index >= 15 is 0 Å². The summed E-state index contributed by atoms with van der Waals surface area (Å²) in [5.74, 6) is 0.125. The molecule has 0 aromatic heterocycles. The average Bonchev–Trinajstić information content (AvgIpc) is 2.29. The van der Waals surface area contributed by atoms with Gasteiger partial charge in [-0.3, -0.25) is 0 Å². The van der Waals surface area contributed by atoms with Gasteiger partial charge in [-0.1, -0.05) is 0 Å². The lowest BCUT2D eigenvalue weighted by molar-refractivity contribution is 0.205.